The van der Waals surface area contributed by atoms with Gasteiger partial charge in [-0.2, -0.15) is 0 Å². The lowest BCUT2D eigenvalue weighted by Gasteiger charge is -2.23. The number of hydrogen-bond acceptors (Lipinski definition) is 4. The molecule has 5 heteroatoms. The number of benzene rings is 1. The first kappa shape index (κ1) is 14.4. The second-order valence-corrected chi connectivity index (χ2v) is 6.83. The third-order valence-corrected chi connectivity index (χ3v) is 4.97. The molecule has 21 heavy (non-hydrogen) atoms. The quantitative estimate of drug-likeness (QED) is 0.915. The van der Waals surface area contributed by atoms with Gasteiger partial charge in [-0.3, -0.25) is 4.79 Å². The number of piperidine rings is 1. The molecule has 2 N–H and O–H groups in total. The Bertz CT molecular complexity index is 644. The standard InChI is InChI=1S/C16H21N3OS/c1-19(2)13-6-5-11-8-15(21-14(11)9-13)16(20)18-12-4-3-7-17-10-12/h5-6,8-9,12,17H,3-4,7,10H2,1-2H3,(H,18,20)/t12-/m1/s1. The minimum atomic E-state index is 0.0521. The molecule has 1 aromatic carbocycles. The summed E-state index contributed by atoms with van der Waals surface area (Å²) in [5.74, 6) is 0.0521. The molecule has 0 aliphatic carbocycles. The second kappa shape index (κ2) is 6.03. The zero-order valence-electron chi connectivity index (χ0n) is 12.5. The van der Waals surface area contributed by atoms with Crippen molar-refractivity contribution in [3.63, 3.8) is 0 Å². The fourth-order valence-electron chi connectivity index (χ4n) is 2.64. The monoisotopic (exact) mass is 303 g/mol. The van der Waals surface area contributed by atoms with E-state index in [0.717, 1.165) is 46.6 Å². The van der Waals surface area contributed by atoms with Gasteiger partial charge in [0.25, 0.3) is 5.91 Å². The lowest BCUT2D eigenvalue weighted by atomic mass is 10.1. The van der Waals surface area contributed by atoms with E-state index in [4.69, 9.17) is 0 Å². The molecule has 0 spiro atoms. The number of hydrogen-bond donors (Lipinski definition) is 2. The van der Waals surface area contributed by atoms with Crippen LogP contribution in [-0.2, 0) is 0 Å². The van der Waals surface area contributed by atoms with E-state index in [1.165, 1.54) is 0 Å². The van der Waals surface area contributed by atoms with E-state index < -0.39 is 0 Å². The number of nitrogens with one attached hydrogen (secondary N) is 2. The number of carbonyl (C=O) groups excluding carboxylic acids is 1. The van der Waals surface area contributed by atoms with E-state index in [-0.39, 0.29) is 11.9 Å². The molecule has 0 unspecified atom stereocenters. The first-order chi connectivity index (χ1) is 10.1. The van der Waals surface area contributed by atoms with Crippen molar-refractivity contribution in [2.45, 2.75) is 18.9 Å². The number of rotatable bonds is 3. The van der Waals surface area contributed by atoms with Crippen LogP contribution in [-0.4, -0.2) is 39.1 Å². The van der Waals surface area contributed by atoms with Crippen molar-refractivity contribution in [1.82, 2.24) is 10.6 Å². The third kappa shape index (κ3) is 3.19. The van der Waals surface area contributed by atoms with E-state index in [1.54, 1.807) is 11.3 Å². The summed E-state index contributed by atoms with van der Waals surface area (Å²) in [7, 11) is 4.05. The minimum Gasteiger partial charge on any atom is -0.378 e. The lowest BCUT2D eigenvalue weighted by Crippen LogP contribution is -2.45. The summed E-state index contributed by atoms with van der Waals surface area (Å²) in [5.41, 5.74) is 1.16. The predicted molar refractivity (Wildman–Crippen MR) is 89.5 cm³/mol. The van der Waals surface area contributed by atoms with Crippen LogP contribution in [0.1, 0.15) is 22.5 Å². The van der Waals surface area contributed by atoms with Crippen LogP contribution in [0.3, 0.4) is 0 Å². The number of thiophene rings is 1. The summed E-state index contributed by atoms with van der Waals surface area (Å²) in [5, 5.41) is 7.59. The van der Waals surface area contributed by atoms with E-state index in [9.17, 15) is 4.79 Å². The van der Waals surface area contributed by atoms with E-state index in [1.807, 2.05) is 20.2 Å². The molecule has 1 aliphatic heterocycles. The first-order valence-corrected chi connectivity index (χ1v) is 8.17. The van der Waals surface area contributed by atoms with Crippen molar-refractivity contribution in [2.75, 3.05) is 32.1 Å². The van der Waals surface area contributed by atoms with Gasteiger partial charge < -0.3 is 15.5 Å². The maximum absolute atomic E-state index is 12.4. The summed E-state index contributed by atoms with van der Waals surface area (Å²) in [4.78, 5) is 15.2. The number of fused-ring (bicyclic) bond motifs is 1. The Hall–Kier alpha value is -1.59. The van der Waals surface area contributed by atoms with Crippen LogP contribution in [0.5, 0.6) is 0 Å². The van der Waals surface area contributed by atoms with Gasteiger partial charge >= 0.3 is 0 Å². The number of nitrogens with zero attached hydrogens (tertiary/aromatic N) is 1. The molecule has 4 nitrogen and oxygen atoms in total. The molecule has 1 aromatic heterocycles. The third-order valence-electron chi connectivity index (χ3n) is 3.88. The Morgan fingerprint density at radius 2 is 2.24 bits per heavy atom. The zero-order valence-corrected chi connectivity index (χ0v) is 13.3. The maximum atomic E-state index is 12.4. The van der Waals surface area contributed by atoms with Crippen molar-refractivity contribution in [3.05, 3.63) is 29.1 Å². The maximum Gasteiger partial charge on any atom is 0.261 e. The van der Waals surface area contributed by atoms with Gasteiger partial charge in [0, 0.05) is 37.1 Å². The van der Waals surface area contributed by atoms with Gasteiger partial charge in [0.2, 0.25) is 0 Å². The lowest BCUT2D eigenvalue weighted by molar-refractivity contribution is 0.0935. The molecular formula is C16H21N3OS. The fraction of sp³-hybridized carbons (Fsp3) is 0.438. The Labute approximate surface area is 129 Å². The van der Waals surface area contributed by atoms with Crippen LogP contribution < -0.4 is 15.5 Å². The number of carbonyl (C=O) groups is 1. The van der Waals surface area contributed by atoms with Crippen LogP contribution in [0.2, 0.25) is 0 Å². The largest absolute Gasteiger partial charge is 0.378 e. The van der Waals surface area contributed by atoms with E-state index in [0.29, 0.717) is 0 Å². The van der Waals surface area contributed by atoms with Crippen LogP contribution in [0.25, 0.3) is 10.1 Å². The van der Waals surface area contributed by atoms with Crippen molar-refractivity contribution < 1.29 is 4.79 Å². The predicted octanol–water partition coefficient (Wildman–Crippen LogP) is 2.45. The summed E-state index contributed by atoms with van der Waals surface area (Å²) in [6, 6.07) is 8.56. The van der Waals surface area contributed by atoms with E-state index >= 15 is 0 Å². The highest BCUT2D eigenvalue weighted by atomic mass is 32.1. The molecule has 3 rings (SSSR count). The van der Waals surface area contributed by atoms with Crippen LogP contribution in [0.4, 0.5) is 5.69 Å². The number of anilines is 1. The SMILES string of the molecule is CN(C)c1ccc2cc(C(=O)N[C@@H]3CCCNC3)sc2c1. The Balaban J connectivity index is 1.78. The molecule has 2 heterocycles. The molecular weight excluding hydrogens is 282 g/mol. The summed E-state index contributed by atoms with van der Waals surface area (Å²) in [6.07, 6.45) is 2.19. The van der Waals surface area contributed by atoms with Crippen molar-refractivity contribution in [2.24, 2.45) is 0 Å². The molecule has 1 atom stereocenters. The van der Waals surface area contributed by atoms with Gasteiger partial charge in [-0.1, -0.05) is 6.07 Å². The van der Waals surface area contributed by atoms with Gasteiger partial charge in [0.1, 0.15) is 0 Å². The minimum absolute atomic E-state index is 0.0521. The highest BCUT2D eigenvalue weighted by Crippen LogP contribution is 2.29. The average Bonchev–Trinajstić information content (AvgIpc) is 2.91. The van der Waals surface area contributed by atoms with Gasteiger partial charge in [-0.25, -0.2) is 0 Å². The molecule has 1 saturated heterocycles. The molecule has 112 valence electrons. The van der Waals surface area contributed by atoms with Crippen LogP contribution >= 0.6 is 11.3 Å². The first-order valence-electron chi connectivity index (χ1n) is 7.36. The van der Waals surface area contributed by atoms with Crippen molar-refractivity contribution in [3.8, 4) is 0 Å². The molecule has 0 radical (unpaired) electrons. The number of amides is 1. The summed E-state index contributed by atoms with van der Waals surface area (Å²) < 4.78 is 1.16. The normalized spacial score (nSPS) is 18.7. The highest BCUT2D eigenvalue weighted by Gasteiger charge is 2.17. The molecule has 1 aliphatic rings. The molecule has 1 fully saturated rings. The molecule has 1 amide bonds. The van der Waals surface area contributed by atoms with E-state index in [2.05, 4.69) is 33.7 Å². The van der Waals surface area contributed by atoms with Crippen molar-refractivity contribution in [1.29, 1.82) is 0 Å². The second-order valence-electron chi connectivity index (χ2n) is 5.74. The Morgan fingerprint density at radius 1 is 1.38 bits per heavy atom. The molecule has 0 saturated carbocycles. The summed E-state index contributed by atoms with van der Waals surface area (Å²) in [6.45, 7) is 1.93. The average molecular weight is 303 g/mol. The van der Waals surface area contributed by atoms with Crippen molar-refractivity contribution >= 4 is 33.0 Å². The zero-order chi connectivity index (χ0) is 14.8. The summed E-state index contributed by atoms with van der Waals surface area (Å²) >= 11 is 1.57. The fourth-order valence-corrected chi connectivity index (χ4v) is 3.64. The van der Waals surface area contributed by atoms with Gasteiger partial charge in [-0.05, 0) is 43.0 Å². The molecule has 0 bridgehead atoms. The topological polar surface area (TPSA) is 44.4 Å². The van der Waals surface area contributed by atoms with Crippen LogP contribution in [0, 0.1) is 0 Å². The molecule has 2 aromatic rings. The van der Waals surface area contributed by atoms with Crippen LogP contribution in [0.15, 0.2) is 24.3 Å². The van der Waals surface area contributed by atoms with Gasteiger partial charge in [0.15, 0.2) is 0 Å². The Morgan fingerprint density at radius 3 is 2.95 bits per heavy atom. The smallest absolute Gasteiger partial charge is 0.261 e. The highest BCUT2D eigenvalue weighted by molar-refractivity contribution is 7.20. The van der Waals surface area contributed by atoms with Gasteiger partial charge in [-0.15, -0.1) is 11.3 Å². The Kier molecular flexibility index (Phi) is 4.12. The van der Waals surface area contributed by atoms with Gasteiger partial charge in [0.05, 0.1) is 4.88 Å².